The maximum absolute atomic E-state index is 2.70. The van der Waals surface area contributed by atoms with Crippen molar-refractivity contribution in [2.24, 2.45) is 0 Å². The third-order valence-electron chi connectivity index (χ3n) is 16.8. The zero-order chi connectivity index (χ0) is 42.6. The number of benzene rings is 8. The van der Waals surface area contributed by atoms with E-state index in [1.807, 2.05) is 0 Å². The fourth-order valence-corrected chi connectivity index (χ4v) is 13.3. The van der Waals surface area contributed by atoms with Crippen molar-refractivity contribution in [1.82, 2.24) is 0 Å². The van der Waals surface area contributed by atoms with Gasteiger partial charge in [-0.2, -0.15) is 0 Å². The van der Waals surface area contributed by atoms with Gasteiger partial charge in [-0.05, 0) is 148 Å². The van der Waals surface area contributed by atoms with Gasteiger partial charge in [-0.1, -0.05) is 166 Å². The van der Waals surface area contributed by atoms with E-state index in [4.69, 9.17) is 0 Å². The summed E-state index contributed by atoms with van der Waals surface area (Å²) in [7, 11) is 0. The van der Waals surface area contributed by atoms with Crippen LogP contribution in [-0.4, -0.2) is 0 Å². The highest BCUT2D eigenvalue weighted by Gasteiger charge is 2.47. The van der Waals surface area contributed by atoms with Crippen LogP contribution in [0.15, 0.2) is 140 Å². The van der Waals surface area contributed by atoms with Crippen LogP contribution in [0.2, 0.25) is 0 Å². The standard InChI is InChI=1S/C61H53N/c1-57(2)43-24-16-13-19-34(43)39-27-47-42(30-46(39)57)56-38-23-12-11-22-37(38)53(33-52(56)60(47,7)8)62-54-31-48-40(35-20-14-17-25-44(35)58(48,3)4)28-50(54)61(9,10)51-29-41-36-21-15-18-26-45(36)59(5,6)49(41)32-55(51)62/h11-33H,1-10H3. The molecule has 0 spiro atoms. The smallest absolute Gasteiger partial charge is 0.0543 e. The number of hydrogen-bond donors (Lipinski definition) is 0. The molecule has 1 nitrogen and oxygen atoms in total. The molecule has 0 radical (unpaired) electrons. The van der Waals surface area contributed by atoms with Crippen LogP contribution in [0.25, 0.3) is 55.3 Å². The Morgan fingerprint density at radius 2 is 0.581 bits per heavy atom. The SMILES string of the molecule is CC1(C)c2ccccc2-c2cc3c(cc21)-c1c(cc(N2c4cc5c(cc4C(C)(C)c4cc6c(cc42)C(C)(C)c2ccccc2-6)-c2ccccc2C5(C)C)c2ccccc12)C3(C)C. The minimum Gasteiger partial charge on any atom is -0.309 e. The molecule has 5 aliphatic rings. The van der Waals surface area contributed by atoms with E-state index in [0.29, 0.717) is 0 Å². The summed E-state index contributed by atoms with van der Waals surface area (Å²) >= 11 is 0. The summed E-state index contributed by atoms with van der Waals surface area (Å²) in [5, 5.41) is 2.62. The van der Waals surface area contributed by atoms with E-state index >= 15 is 0 Å². The van der Waals surface area contributed by atoms with Crippen LogP contribution < -0.4 is 4.90 Å². The van der Waals surface area contributed by atoms with Gasteiger partial charge >= 0.3 is 0 Å². The van der Waals surface area contributed by atoms with E-state index < -0.39 is 0 Å². The Morgan fingerprint density at radius 3 is 1.06 bits per heavy atom. The van der Waals surface area contributed by atoms with E-state index in [-0.39, 0.29) is 27.1 Å². The van der Waals surface area contributed by atoms with Crippen LogP contribution in [0.1, 0.15) is 125 Å². The highest BCUT2D eigenvalue weighted by molar-refractivity contribution is 6.11. The van der Waals surface area contributed by atoms with Crippen LogP contribution in [0.5, 0.6) is 0 Å². The molecular weight excluding hydrogens is 747 g/mol. The molecular formula is C61H53N. The molecule has 0 saturated carbocycles. The van der Waals surface area contributed by atoms with Gasteiger partial charge in [0.15, 0.2) is 0 Å². The lowest BCUT2D eigenvalue weighted by atomic mass is 9.70. The van der Waals surface area contributed by atoms with Crippen molar-refractivity contribution in [2.75, 3.05) is 4.90 Å². The second kappa shape index (κ2) is 11.2. The van der Waals surface area contributed by atoms with Crippen molar-refractivity contribution in [3.63, 3.8) is 0 Å². The maximum Gasteiger partial charge on any atom is 0.0543 e. The Hall–Kier alpha value is -6.18. The molecule has 1 heterocycles. The Bertz CT molecular complexity index is 3260. The summed E-state index contributed by atoms with van der Waals surface area (Å²) in [6.07, 6.45) is 0. The molecule has 0 atom stereocenters. The largest absolute Gasteiger partial charge is 0.309 e. The van der Waals surface area contributed by atoms with Crippen LogP contribution in [0.3, 0.4) is 0 Å². The van der Waals surface area contributed by atoms with Crippen molar-refractivity contribution < 1.29 is 0 Å². The predicted octanol–water partition coefficient (Wildman–Crippen LogP) is 16.2. The first-order valence-corrected chi connectivity index (χ1v) is 22.8. The van der Waals surface area contributed by atoms with Crippen molar-refractivity contribution in [3.8, 4) is 44.5 Å². The lowest BCUT2D eigenvalue weighted by molar-refractivity contribution is 0.623. The normalized spacial score (nSPS) is 18.5. The van der Waals surface area contributed by atoms with Crippen LogP contribution in [0, 0.1) is 0 Å². The monoisotopic (exact) mass is 799 g/mol. The first-order valence-electron chi connectivity index (χ1n) is 22.8. The van der Waals surface area contributed by atoms with Crippen molar-refractivity contribution in [1.29, 1.82) is 0 Å². The molecule has 13 rings (SSSR count). The lowest BCUT2D eigenvalue weighted by Crippen LogP contribution is -2.32. The zero-order valence-electron chi connectivity index (χ0n) is 37.7. The molecule has 1 heteroatoms. The lowest BCUT2D eigenvalue weighted by Gasteiger charge is -2.44. The van der Waals surface area contributed by atoms with Gasteiger partial charge < -0.3 is 4.90 Å². The summed E-state index contributed by atoms with van der Waals surface area (Å²) in [5.74, 6) is 0. The fraction of sp³-hybridized carbons (Fsp3) is 0.246. The molecule has 62 heavy (non-hydrogen) atoms. The predicted molar refractivity (Wildman–Crippen MR) is 261 cm³/mol. The van der Waals surface area contributed by atoms with Gasteiger partial charge in [0.1, 0.15) is 0 Å². The minimum absolute atomic E-state index is 0.0704. The van der Waals surface area contributed by atoms with Crippen molar-refractivity contribution in [3.05, 3.63) is 195 Å². The molecule has 0 bridgehead atoms. The van der Waals surface area contributed by atoms with Crippen molar-refractivity contribution in [2.45, 2.75) is 96.3 Å². The number of hydrogen-bond acceptors (Lipinski definition) is 1. The first-order chi connectivity index (χ1) is 29.5. The Balaban J connectivity index is 1.12. The van der Waals surface area contributed by atoms with E-state index in [0.717, 1.165) is 0 Å². The summed E-state index contributed by atoms with van der Waals surface area (Å²) in [6, 6.07) is 54.7. The van der Waals surface area contributed by atoms with Gasteiger partial charge in [0.25, 0.3) is 0 Å². The van der Waals surface area contributed by atoms with Gasteiger partial charge in [-0.3, -0.25) is 0 Å². The summed E-state index contributed by atoms with van der Waals surface area (Å²) in [5.41, 5.74) is 28.2. The van der Waals surface area contributed by atoms with Crippen LogP contribution in [0.4, 0.5) is 17.1 Å². The molecule has 0 N–H and O–H groups in total. The maximum atomic E-state index is 2.70. The van der Waals surface area contributed by atoms with E-state index in [1.54, 1.807) is 0 Å². The molecule has 4 aliphatic carbocycles. The van der Waals surface area contributed by atoms with Crippen LogP contribution in [-0.2, 0) is 27.1 Å². The van der Waals surface area contributed by atoms with Crippen LogP contribution >= 0.6 is 0 Å². The third-order valence-corrected chi connectivity index (χ3v) is 16.8. The van der Waals surface area contributed by atoms with E-state index in [2.05, 4.69) is 214 Å². The van der Waals surface area contributed by atoms with Gasteiger partial charge in [0.05, 0.1) is 17.1 Å². The fourth-order valence-electron chi connectivity index (χ4n) is 13.3. The number of nitrogens with zero attached hydrogens (tertiary/aromatic N) is 1. The Kier molecular flexibility index (Phi) is 6.62. The molecule has 302 valence electrons. The summed E-state index contributed by atoms with van der Waals surface area (Å²) < 4.78 is 0. The Morgan fingerprint density at radius 1 is 0.258 bits per heavy atom. The zero-order valence-corrected chi connectivity index (χ0v) is 37.7. The van der Waals surface area contributed by atoms with Gasteiger partial charge in [0, 0.05) is 32.5 Å². The highest BCUT2D eigenvalue weighted by Crippen LogP contribution is 2.63. The molecule has 0 fully saturated rings. The van der Waals surface area contributed by atoms with Crippen molar-refractivity contribution >= 4 is 27.8 Å². The molecule has 0 amide bonds. The number of rotatable bonds is 1. The molecule has 0 unspecified atom stereocenters. The number of anilines is 3. The Labute approximate surface area is 367 Å². The average Bonchev–Trinajstić information content (AvgIpc) is 3.82. The third kappa shape index (κ3) is 4.17. The molecule has 8 aromatic rings. The quantitative estimate of drug-likeness (QED) is 0.160. The molecule has 0 saturated heterocycles. The molecule has 8 aromatic carbocycles. The minimum atomic E-state index is -0.264. The first kappa shape index (κ1) is 36.5. The second-order valence-corrected chi connectivity index (χ2v) is 21.7. The number of fused-ring (bicyclic) bond motifs is 16. The van der Waals surface area contributed by atoms with Gasteiger partial charge in [-0.15, -0.1) is 0 Å². The topological polar surface area (TPSA) is 3.24 Å². The van der Waals surface area contributed by atoms with Gasteiger partial charge in [0.2, 0.25) is 0 Å². The summed E-state index contributed by atoms with van der Waals surface area (Å²) in [6.45, 7) is 24.4. The second-order valence-electron chi connectivity index (χ2n) is 21.7. The highest BCUT2D eigenvalue weighted by atomic mass is 15.2. The molecule has 0 aromatic heterocycles. The summed E-state index contributed by atoms with van der Waals surface area (Å²) in [4.78, 5) is 2.70. The van der Waals surface area contributed by atoms with E-state index in [9.17, 15) is 0 Å². The van der Waals surface area contributed by atoms with E-state index in [1.165, 1.54) is 128 Å². The molecule has 1 aliphatic heterocycles. The van der Waals surface area contributed by atoms with Gasteiger partial charge in [-0.25, -0.2) is 0 Å². The average molecular weight is 800 g/mol.